The van der Waals surface area contributed by atoms with Gasteiger partial charge in [0, 0.05) is 27.1 Å². The molecule has 0 amide bonds. The Morgan fingerprint density at radius 2 is 1.88 bits per heavy atom. The number of ether oxygens (including phenoxy) is 1. The predicted molar refractivity (Wildman–Crippen MR) is 80.9 cm³/mol. The lowest BCUT2D eigenvalue weighted by Crippen LogP contribution is -2.35. The third-order valence-electron chi connectivity index (χ3n) is 2.29. The number of unbranched alkanes of at least 4 members (excludes halogenated alkanes) is 3. The van der Waals surface area contributed by atoms with E-state index in [4.69, 9.17) is 0 Å². The molecule has 0 aliphatic heterocycles. The van der Waals surface area contributed by atoms with Gasteiger partial charge >= 0.3 is 5.97 Å². The van der Waals surface area contributed by atoms with E-state index in [-0.39, 0.29) is 29.9 Å². The number of guanidine groups is 1. The standard InChI is InChI=1S/C11H23N3O2.HI/c1-12-11(13-2)14-9-7-5-4-6-8-10(15)16-3;/h4-9H2,1-3H3,(H2,12,13,14);1H. The van der Waals surface area contributed by atoms with Gasteiger partial charge in [0.05, 0.1) is 7.11 Å². The first-order valence-electron chi connectivity index (χ1n) is 5.69. The van der Waals surface area contributed by atoms with Gasteiger partial charge in [-0.3, -0.25) is 9.79 Å². The molecule has 0 radical (unpaired) electrons. The maximum absolute atomic E-state index is 10.8. The van der Waals surface area contributed by atoms with E-state index in [2.05, 4.69) is 20.4 Å². The fourth-order valence-electron chi connectivity index (χ4n) is 1.34. The molecule has 0 aromatic rings. The number of halogens is 1. The van der Waals surface area contributed by atoms with E-state index in [1.54, 1.807) is 7.05 Å². The zero-order valence-electron chi connectivity index (χ0n) is 10.9. The summed E-state index contributed by atoms with van der Waals surface area (Å²) in [4.78, 5) is 14.8. The van der Waals surface area contributed by atoms with E-state index in [1.165, 1.54) is 7.11 Å². The minimum Gasteiger partial charge on any atom is -0.469 e. The fourth-order valence-corrected chi connectivity index (χ4v) is 1.34. The Balaban J connectivity index is 0. The van der Waals surface area contributed by atoms with Crippen molar-refractivity contribution in [3.8, 4) is 0 Å². The minimum atomic E-state index is -0.117. The van der Waals surface area contributed by atoms with Crippen LogP contribution in [0, 0.1) is 0 Å². The zero-order chi connectivity index (χ0) is 12.2. The first-order valence-corrected chi connectivity index (χ1v) is 5.69. The van der Waals surface area contributed by atoms with E-state index in [0.29, 0.717) is 6.42 Å². The van der Waals surface area contributed by atoms with Crippen LogP contribution in [0.5, 0.6) is 0 Å². The summed E-state index contributed by atoms with van der Waals surface area (Å²) in [6.45, 7) is 0.908. The van der Waals surface area contributed by atoms with Gasteiger partial charge in [-0.05, 0) is 12.8 Å². The lowest BCUT2D eigenvalue weighted by molar-refractivity contribution is -0.140. The molecule has 0 aliphatic carbocycles. The zero-order valence-corrected chi connectivity index (χ0v) is 13.2. The van der Waals surface area contributed by atoms with Gasteiger partial charge in [0.25, 0.3) is 0 Å². The second-order valence-electron chi connectivity index (χ2n) is 3.49. The molecule has 0 atom stereocenters. The number of carbonyl (C=O) groups is 1. The summed E-state index contributed by atoms with van der Waals surface area (Å²) >= 11 is 0. The Kier molecular flexibility index (Phi) is 15.0. The Morgan fingerprint density at radius 3 is 2.41 bits per heavy atom. The summed E-state index contributed by atoms with van der Waals surface area (Å²) in [6, 6.07) is 0. The third kappa shape index (κ3) is 11.7. The Hall–Kier alpha value is -0.530. The second kappa shape index (κ2) is 13.5. The molecule has 0 saturated carbocycles. The molecule has 0 bridgehead atoms. The van der Waals surface area contributed by atoms with E-state index >= 15 is 0 Å². The molecular weight excluding hydrogens is 333 g/mol. The number of carbonyl (C=O) groups excluding carboxylic acids is 1. The first-order chi connectivity index (χ1) is 7.74. The maximum atomic E-state index is 10.8. The van der Waals surface area contributed by atoms with Gasteiger partial charge in [0.15, 0.2) is 5.96 Å². The van der Waals surface area contributed by atoms with Crippen LogP contribution in [0.25, 0.3) is 0 Å². The van der Waals surface area contributed by atoms with Crippen molar-refractivity contribution in [1.29, 1.82) is 0 Å². The highest BCUT2D eigenvalue weighted by molar-refractivity contribution is 14.0. The maximum Gasteiger partial charge on any atom is 0.305 e. The van der Waals surface area contributed by atoms with Gasteiger partial charge in [-0.15, -0.1) is 24.0 Å². The molecule has 6 heteroatoms. The molecule has 0 aromatic carbocycles. The van der Waals surface area contributed by atoms with E-state index < -0.39 is 0 Å². The number of nitrogens with zero attached hydrogens (tertiary/aromatic N) is 1. The molecule has 0 spiro atoms. The van der Waals surface area contributed by atoms with Gasteiger partial charge in [-0.25, -0.2) is 0 Å². The Labute approximate surface area is 121 Å². The lowest BCUT2D eigenvalue weighted by Gasteiger charge is -2.07. The number of aliphatic imine (C=N–C) groups is 1. The van der Waals surface area contributed by atoms with Crippen LogP contribution in [-0.4, -0.2) is 39.7 Å². The van der Waals surface area contributed by atoms with E-state index in [9.17, 15) is 4.79 Å². The summed E-state index contributed by atoms with van der Waals surface area (Å²) in [5, 5.41) is 6.13. The summed E-state index contributed by atoms with van der Waals surface area (Å²) in [7, 11) is 5.01. The van der Waals surface area contributed by atoms with Crippen LogP contribution in [0.1, 0.15) is 32.1 Å². The third-order valence-corrected chi connectivity index (χ3v) is 2.29. The molecule has 0 aromatic heterocycles. The second-order valence-corrected chi connectivity index (χ2v) is 3.49. The number of nitrogens with one attached hydrogen (secondary N) is 2. The van der Waals surface area contributed by atoms with Gasteiger partial charge in [-0.1, -0.05) is 12.8 Å². The summed E-state index contributed by atoms with van der Waals surface area (Å²) in [5.74, 6) is 0.697. The topological polar surface area (TPSA) is 62.7 Å². The largest absolute Gasteiger partial charge is 0.469 e. The van der Waals surface area contributed by atoms with Crippen molar-refractivity contribution < 1.29 is 9.53 Å². The molecule has 0 aliphatic rings. The summed E-state index contributed by atoms with van der Waals surface area (Å²) < 4.78 is 4.56. The highest BCUT2D eigenvalue weighted by atomic mass is 127. The molecule has 17 heavy (non-hydrogen) atoms. The number of esters is 1. The lowest BCUT2D eigenvalue weighted by atomic mass is 10.1. The molecule has 5 nitrogen and oxygen atoms in total. The molecule has 0 saturated heterocycles. The van der Waals surface area contributed by atoms with Crippen molar-refractivity contribution in [1.82, 2.24) is 10.6 Å². The monoisotopic (exact) mass is 357 g/mol. The van der Waals surface area contributed by atoms with Crippen molar-refractivity contribution in [3.63, 3.8) is 0 Å². The normalized spacial score (nSPS) is 10.4. The van der Waals surface area contributed by atoms with Gasteiger partial charge in [-0.2, -0.15) is 0 Å². The van der Waals surface area contributed by atoms with E-state index in [1.807, 2.05) is 7.05 Å². The Morgan fingerprint density at radius 1 is 1.24 bits per heavy atom. The number of hydrogen-bond acceptors (Lipinski definition) is 3. The van der Waals surface area contributed by atoms with E-state index in [0.717, 1.165) is 38.2 Å². The van der Waals surface area contributed by atoms with Crippen LogP contribution in [0.2, 0.25) is 0 Å². The average molecular weight is 357 g/mol. The molecule has 0 fully saturated rings. The minimum absolute atomic E-state index is 0. The van der Waals surface area contributed by atoms with Crippen LogP contribution in [0.15, 0.2) is 4.99 Å². The average Bonchev–Trinajstić information content (AvgIpc) is 2.32. The van der Waals surface area contributed by atoms with Crippen molar-refractivity contribution in [3.05, 3.63) is 0 Å². The fraction of sp³-hybridized carbons (Fsp3) is 0.818. The Bertz CT molecular complexity index is 223. The molecule has 102 valence electrons. The highest BCUT2D eigenvalue weighted by Gasteiger charge is 1.99. The summed E-state index contributed by atoms with van der Waals surface area (Å²) in [5.41, 5.74) is 0. The SMILES string of the molecule is CN=C(NC)NCCCCCCC(=O)OC.I. The summed E-state index contributed by atoms with van der Waals surface area (Å²) in [6.07, 6.45) is 4.71. The van der Waals surface area contributed by atoms with Crippen molar-refractivity contribution in [2.24, 2.45) is 4.99 Å². The molecule has 0 unspecified atom stereocenters. The predicted octanol–water partition coefficient (Wildman–Crippen LogP) is 1.52. The number of hydrogen-bond donors (Lipinski definition) is 2. The van der Waals surface area contributed by atoms with Crippen LogP contribution < -0.4 is 10.6 Å². The van der Waals surface area contributed by atoms with Crippen LogP contribution in [0.4, 0.5) is 0 Å². The van der Waals surface area contributed by atoms with Crippen molar-refractivity contribution in [2.45, 2.75) is 32.1 Å². The highest BCUT2D eigenvalue weighted by Crippen LogP contribution is 2.02. The van der Waals surface area contributed by atoms with Crippen molar-refractivity contribution >= 4 is 35.9 Å². The van der Waals surface area contributed by atoms with Crippen molar-refractivity contribution in [2.75, 3.05) is 27.7 Å². The van der Waals surface area contributed by atoms with Gasteiger partial charge in [0.1, 0.15) is 0 Å². The van der Waals surface area contributed by atoms with Crippen LogP contribution >= 0.6 is 24.0 Å². The molecular formula is C11H24IN3O2. The quantitative estimate of drug-likeness (QED) is 0.239. The van der Waals surface area contributed by atoms with Gasteiger partial charge < -0.3 is 15.4 Å². The molecule has 0 rings (SSSR count). The van der Waals surface area contributed by atoms with Gasteiger partial charge in [0.2, 0.25) is 0 Å². The number of methoxy groups -OCH3 is 1. The first kappa shape index (κ1) is 18.8. The van der Waals surface area contributed by atoms with Crippen LogP contribution in [0.3, 0.4) is 0 Å². The molecule has 0 heterocycles. The van der Waals surface area contributed by atoms with Crippen LogP contribution in [-0.2, 0) is 9.53 Å². The smallest absolute Gasteiger partial charge is 0.305 e. The number of rotatable bonds is 7. The molecule has 2 N–H and O–H groups in total.